The van der Waals surface area contributed by atoms with E-state index >= 15 is 0 Å². The van der Waals surface area contributed by atoms with Crippen molar-refractivity contribution in [3.8, 4) is 6.07 Å². The first-order valence-corrected chi connectivity index (χ1v) is 10.9. The van der Waals surface area contributed by atoms with E-state index in [1.54, 1.807) is 0 Å². The van der Waals surface area contributed by atoms with Crippen LogP contribution in [-0.2, 0) is 26.6 Å². The van der Waals surface area contributed by atoms with Crippen LogP contribution < -0.4 is 4.72 Å². The highest BCUT2D eigenvalue weighted by molar-refractivity contribution is 7.90. The fourth-order valence-corrected chi connectivity index (χ4v) is 4.54. The summed E-state index contributed by atoms with van der Waals surface area (Å²) in [5, 5.41) is 10.3. The van der Waals surface area contributed by atoms with Crippen molar-refractivity contribution in [2.75, 3.05) is 13.2 Å². The number of hydrogen-bond acceptors (Lipinski definition) is 5. The molecule has 3 rings (SSSR count). The highest BCUT2D eigenvalue weighted by Gasteiger charge is 2.53. The minimum atomic E-state index is -1.24. The van der Waals surface area contributed by atoms with Crippen LogP contribution in [0.4, 0.5) is 0 Å². The summed E-state index contributed by atoms with van der Waals surface area (Å²) in [5.74, 6) is -0.862. The summed E-state index contributed by atoms with van der Waals surface area (Å²) < 4.78 is 27.5. The van der Waals surface area contributed by atoms with E-state index in [1.807, 2.05) is 45.0 Å². The molecular formula is C20H27ClN2O3S. The molecular weight excluding hydrogens is 384 g/mol. The zero-order valence-electron chi connectivity index (χ0n) is 16.1. The third-order valence-electron chi connectivity index (χ3n) is 5.26. The molecule has 1 aromatic rings. The van der Waals surface area contributed by atoms with Crippen LogP contribution in [0.15, 0.2) is 24.3 Å². The first-order chi connectivity index (χ1) is 12.7. The molecule has 1 aliphatic carbocycles. The number of hydrogen-bond donors (Lipinski definition) is 1. The molecule has 0 amide bonds. The van der Waals surface area contributed by atoms with Gasteiger partial charge in [0.05, 0.1) is 30.7 Å². The van der Waals surface area contributed by atoms with Crippen molar-refractivity contribution >= 4 is 23.0 Å². The van der Waals surface area contributed by atoms with Gasteiger partial charge in [-0.1, -0.05) is 23.7 Å². The first-order valence-electron chi connectivity index (χ1n) is 9.34. The molecule has 2 aliphatic rings. The Labute approximate surface area is 169 Å². The van der Waals surface area contributed by atoms with Crippen molar-refractivity contribution in [2.24, 2.45) is 5.41 Å². The standard InChI is InChI=1S/C20H27ClN2O3S/c1-18(2,3)27(24)23-17(19(14-22)9-10-19)7-8-20(25-11-12-26-20)15-5-4-6-16(21)13-15/h4-6,13,17,23H,7-12H2,1-3H3. The van der Waals surface area contributed by atoms with Gasteiger partial charge in [-0.2, -0.15) is 5.26 Å². The van der Waals surface area contributed by atoms with Crippen molar-refractivity contribution in [2.45, 2.75) is 63.0 Å². The summed E-state index contributed by atoms with van der Waals surface area (Å²) in [6.45, 7) is 6.81. The number of ether oxygens (including phenoxy) is 2. The summed E-state index contributed by atoms with van der Waals surface area (Å²) in [7, 11) is 0. The molecule has 1 heterocycles. The zero-order valence-corrected chi connectivity index (χ0v) is 17.7. The lowest BCUT2D eigenvalue weighted by Gasteiger charge is -2.33. The zero-order chi connectivity index (χ0) is 19.7. The largest absolute Gasteiger partial charge is 0.598 e. The average molecular weight is 411 g/mol. The lowest BCUT2D eigenvalue weighted by molar-refractivity contribution is -0.172. The van der Waals surface area contributed by atoms with Crippen LogP contribution in [0.25, 0.3) is 0 Å². The highest BCUT2D eigenvalue weighted by atomic mass is 35.5. The van der Waals surface area contributed by atoms with Gasteiger partial charge in [-0.15, -0.1) is 4.72 Å². The van der Waals surface area contributed by atoms with E-state index in [4.69, 9.17) is 21.1 Å². The summed E-state index contributed by atoms with van der Waals surface area (Å²) in [4.78, 5) is 0. The van der Waals surface area contributed by atoms with E-state index in [2.05, 4.69) is 10.8 Å². The number of nitrogens with one attached hydrogen (secondary N) is 1. The van der Waals surface area contributed by atoms with Gasteiger partial charge < -0.3 is 14.0 Å². The molecule has 1 saturated heterocycles. The Hall–Kier alpha value is -0.810. The van der Waals surface area contributed by atoms with Gasteiger partial charge in [0.1, 0.15) is 4.75 Å². The van der Waals surface area contributed by atoms with E-state index in [1.165, 1.54) is 0 Å². The molecule has 27 heavy (non-hydrogen) atoms. The van der Waals surface area contributed by atoms with Gasteiger partial charge >= 0.3 is 0 Å². The molecule has 5 nitrogen and oxygen atoms in total. The van der Waals surface area contributed by atoms with Gasteiger partial charge in [0.15, 0.2) is 5.79 Å². The Morgan fingerprint density at radius 2 is 2.00 bits per heavy atom. The van der Waals surface area contributed by atoms with E-state index in [-0.39, 0.29) is 6.04 Å². The molecule has 1 aromatic carbocycles. The highest BCUT2D eigenvalue weighted by Crippen LogP contribution is 2.51. The molecule has 7 heteroatoms. The summed E-state index contributed by atoms with van der Waals surface area (Å²) in [5.41, 5.74) is 0.430. The van der Waals surface area contributed by atoms with E-state index in [0.717, 1.165) is 18.4 Å². The lowest BCUT2D eigenvalue weighted by Crippen LogP contribution is -2.48. The molecule has 0 radical (unpaired) electrons. The second-order valence-corrected chi connectivity index (χ2v) is 10.8. The molecule has 1 saturated carbocycles. The lowest BCUT2D eigenvalue weighted by atomic mass is 9.90. The Kier molecular flexibility index (Phi) is 6.12. The Morgan fingerprint density at radius 3 is 2.52 bits per heavy atom. The van der Waals surface area contributed by atoms with Crippen molar-refractivity contribution < 1.29 is 14.0 Å². The van der Waals surface area contributed by atoms with Gasteiger partial charge in [-0.05, 0) is 52.2 Å². The van der Waals surface area contributed by atoms with Crippen LogP contribution in [0.3, 0.4) is 0 Å². The molecule has 0 aromatic heterocycles. The molecule has 148 valence electrons. The topological polar surface area (TPSA) is 77.3 Å². The second kappa shape index (κ2) is 7.90. The predicted octanol–water partition coefficient (Wildman–Crippen LogP) is 4.04. The first kappa shape index (κ1) is 20.9. The maximum absolute atomic E-state index is 12.7. The third kappa shape index (κ3) is 4.61. The number of nitriles is 1. The normalized spacial score (nSPS) is 22.8. The second-order valence-electron chi connectivity index (χ2n) is 8.32. The Morgan fingerprint density at radius 1 is 1.33 bits per heavy atom. The van der Waals surface area contributed by atoms with Crippen LogP contribution in [0.1, 0.15) is 52.0 Å². The molecule has 2 atom stereocenters. The van der Waals surface area contributed by atoms with Gasteiger partial charge in [0.2, 0.25) is 0 Å². The summed E-state index contributed by atoms with van der Waals surface area (Å²) >= 11 is 4.92. The summed E-state index contributed by atoms with van der Waals surface area (Å²) in [6.07, 6.45) is 2.85. The SMILES string of the molecule is CC(C)(C)[S+]([O-])NC(CCC1(c2cccc(Cl)c2)OCCO1)C1(C#N)CC1. The van der Waals surface area contributed by atoms with Crippen LogP contribution in [0.5, 0.6) is 0 Å². The summed E-state index contributed by atoms with van der Waals surface area (Å²) in [6, 6.07) is 9.78. The molecule has 0 bridgehead atoms. The Bertz CT molecular complexity index is 706. The van der Waals surface area contributed by atoms with Crippen LogP contribution in [0.2, 0.25) is 5.02 Å². The Balaban J connectivity index is 1.78. The van der Waals surface area contributed by atoms with Gasteiger partial charge in [-0.3, -0.25) is 0 Å². The smallest absolute Gasteiger partial charge is 0.195 e. The number of benzene rings is 1. The monoisotopic (exact) mass is 410 g/mol. The van der Waals surface area contributed by atoms with Crippen LogP contribution in [-0.4, -0.2) is 28.6 Å². The number of halogens is 1. The number of rotatable bonds is 7. The molecule has 2 unspecified atom stereocenters. The fraction of sp³-hybridized carbons (Fsp3) is 0.650. The fourth-order valence-electron chi connectivity index (χ4n) is 3.40. The minimum Gasteiger partial charge on any atom is -0.598 e. The van der Waals surface area contributed by atoms with Crippen LogP contribution >= 0.6 is 11.6 Å². The van der Waals surface area contributed by atoms with Gasteiger partial charge in [-0.25, -0.2) is 0 Å². The van der Waals surface area contributed by atoms with Crippen LogP contribution in [0, 0.1) is 16.7 Å². The van der Waals surface area contributed by atoms with Gasteiger partial charge in [0.25, 0.3) is 0 Å². The molecule has 0 spiro atoms. The molecule has 1 aliphatic heterocycles. The third-order valence-corrected chi connectivity index (χ3v) is 7.11. The van der Waals surface area contributed by atoms with Crippen molar-refractivity contribution in [3.05, 3.63) is 34.9 Å². The predicted molar refractivity (Wildman–Crippen MR) is 106 cm³/mol. The van der Waals surface area contributed by atoms with Crippen molar-refractivity contribution in [1.82, 2.24) is 4.72 Å². The van der Waals surface area contributed by atoms with E-state index < -0.39 is 27.3 Å². The minimum absolute atomic E-state index is 0.175. The molecule has 1 N–H and O–H groups in total. The van der Waals surface area contributed by atoms with Gasteiger partial charge in [0, 0.05) is 28.4 Å². The van der Waals surface area contributed by atoms with E-state index in [9.17, 15) is 9.81 Å². The number of nitrogens with zero attached hydrogens (tertiary/aromatic N) is 1. The average Bonchev–Trinajstić information content (AvgIpc) is 3.27. The van der Waals surface area contributed by atoms with Crippen molar-refractivity contribution in [3.63, 3.8) is 0 Å². The van der Waals surface area contributed by atoms with E-state index in [0.29, 0.717) is 31.1 Å². The van der Waals surface area contributed by atoms with Crippen molar-refractivity contribution in [1.29, 1.82) is 5.26 Å². The molecule has 2 fully saturated rings. The quantitative estimate of drug-likeness (QED) is 0.686. The maximum atomic E-state index is 12.7. The maximum Gasteiger partial charge on any atom is 0.195 e.